The number of rotatable bonds is 4. The van der Waals surface area contributed by atoms with E-state index in [2.05, 4.69) is 5.32 Å². The first-order valence-electron chi connectivity index (χ1n) is 5.76. The highest BCUT2D eigenvalue weighted by Gasteiger charge is 2.34. The van der Waals surface area contributed by atoms with Crippen molar-refractivity contribution in [1.82, 2.24) is 0 Å². The normalized spacial score (nSPS) is 19.0. The molecule has 1 unspecified atom stereocenters. The fourth-order valence-electron chi connectivity index (χ4n) is 1.57. The first-order valence-corrected chi connectivity index (χ1v) is 6.14. The second kappa shape index (κ2) is 5.59. The van der Waals surface area contributed by atoms with Gasteiger partial charge in [-0.3, -0.25) is 0 Å². The summed E-state index contributed by atoms with van der Waals surface area (Å²) in [5, 5.41) is 2.85. The first-order chi connectivity index (χ1) is 8.97. The number of carbonyl (C=O) groups is 1. The Morgan fingerprint density at radius 1 is 1.37 bits per heavy atom. The predicted octanol–water partition coefficient (Wildman–Crippen LogP) is 3.00. The largest absolute Gasteiger partial charge is 0.425 e. The molecule has 0 bridgehead atoms. The molecule has 0 spiro atoms. The molecule has 0 saturated heterocycles. The van der Waals surface area contributed by atoms with Gasteiger partial charge in [0.25, 0.3) is 0 Å². The molecular formula is C13H13ClFNO3. The molecule has 1 aliphatic heterocycles. The van der Waals surface area contributed by atoms with E-state index < -0.39 is 12.3 Å². The van der Waals surface area contributed by atoms with E-state index >= 15 is 0 Å². The van der Waals surface area contributed by atoms with Gasteiger partial charge in [-0.05, 0) is 38.1 Å². The van der Waals surface area contributed by atoms with Crippen molar-refractivity contribution in [3.8, 4) is 0 Å². The third-order valence-electron chi connectivity index (χ3n) is 2.38. The smallest absolute Gasteiger partial charge is 0.354 e. The number of esters is 1. The lowest BCUT2D eigenvalue weighted by atomic mass is 10.3. The third-order valence-corrected chi connectivity index (χ3v) is 2.74. The number of nitrogens with one attached hydrogen (secondary N) is 1. The lowest BCUT2D eigenvalue weighted by molar-refractivity contribution is -0.165. The van der Waals surface area contributed by atoms with Gasteiger partial charge in [-0.25, -0.2) is 9.18 Å². The summed E-state index contributed by atoms with van der Waals surface area (Å²) in [6.45, 7) is 3.63. The highest BCUT2D eigenvalue weighted by Crippen LogP contribution is 2.28. The van der Waals surface area contributed by atoms with E-state index in [1.54, 1.807) is 0 Å². The van der Waals surface area contributed by atoms with Crippen LogP contribution in [0.25, 0.3) is 0 Å². The summed E-state index contributed by atoms with van der Waals surface area (Å²) in [6.07, 6.45) is -1.00. The molecule has 1 aromatic rings. The van der Waals surface area contributed by atoms with Crippen LogP contribution in [0.4, 0.5) is 10.1 Å². The number of halogens is 2. The molecule has 0 saturated carbocycles. The zero-order valence-corrected chi connectivity index (χ0v) is 11.2. The van der Waals surface area contributed by atoms with Crippen molar-refractivity contribution in [2.75, 3.05) is 5.32 Å². The lowest BCUT2D eigenvalue weighted by Crippen LogP contribution is -2.23. The summed E-state index contributed by atoms with van der Waals surface area (Å²) in [5.41, 5.74) is 0.914. The number of hydrogen-bond donors (Lipinski definition) is 1. The maximum Gasteiger partial charge on any atom is 0.354 e. The minimum Gasteiger partial charge on any atom is -0.425 e. The molecule has 0 fully saturated rings. The summed E-state index contributed by atoms with van der Waals surface area (Å²) < 4.78 is 23.2. The monoisotopic (exact) mass is 285 g/mol. The van der Waals surface area contributed by atoms with Crippen LogP contribution in [0, 0.1) is 5.82 Å². The van der Waals surface area contributed by atoms with Gasteiger partial charge in [-0.2, -0.15) is 0 Å². The molecule has 0 amide bonds. The van der Waals surface area contributed by atoms with Crippen molar-refractivity contribution in [1.29, 1.82) is 0 Å². The van der Waals surface area contributed by atoms with Crippen molar-refractivity contribution in [3.63, 3.8) is 0 Å². The summed E-state index contributed by atoms with van der Waals surface area (Å²) in [6, 6.07) is 5.66. The Labute approximate surface area is 115 Å². The van der Waals surface area contributed by atoms with Crippen molar-refractivity contribution < 1.29 is 18.7 Å². The molecule has 4 nitrogen and oxygen atoms in total. The molecule has 1 atom stereocenters. The van der Waals surface area contributed by atoms with Gasteiger partial charge < -0.3 is 14.8 Å². The minimum absolute atomic E-state index is 0.0602. The van der Waals surface area contributed by atoms with Gasteiger partial charge in [0.1, 0.15) is 11.5 Å². The maximum absolute atomic E-state index is 12.8. The maximum atomic E-state index is 12.8. The second-order valence-electron chi connectivity index (χ2n) is 4.28. The summed E-state index contributed by atoms with van der Waals surface area (Å²) in [4.78, 5) is 11.4. The van der Waals surface area contributed by atoms with E-state index in [0.29, 0.717) is 11.4 Å². The van der Waals surface area contributed by atoms with Gasteiger partial charge in [0, 0.05) is 5.69 Å². The molecule has 0 aromatic heterocycles. The Hall–Kier alpha value is -1.59. The predicted molar refractivity (Wildman–Crippen MR) is 69.0 cm³/mol. The van der Waals surface area contributed by atoms with Crippen LogP contribution in [-0.4, -0.2) is 18.4 Å². The Bertz CT molecular complexity index is 513. The van der Waals surface area contributed by atoms with E-state index in [9.17, 15) is 9.18 Å². The highest BCUT2D eigenvalue weighted by molar-refractivity contribution is 6.42. The number of ether oxygens (including phenoxy) is 2. The number of cyclic esters (lactones) is 1. The molecule has 19 heavy (non-hydrogen) atoms. The van der Waals surface area contributed by atoms with Crippen LogP contribution in [0.5, 0.6) is 0 Å². The number of anilines is 1. The molecular weight excluding hydrogens is 273 g/mol. The van der Waals surface area contributed by atoms with Crippen LogP contribution in [0.2, 0.25) is 0 Å². The molecule has 0 radical (unpaired) electrons. The molecule has 1 aliphatic rings. The van der Waals surface area contributed by atoms with E-state index in [-0.39, 0.29) is 17.0 Å². The van der Waals surface area contributed by atoms with Gasteiger partial charge in [0.15, 0.2) is 5.03 Å². The lowest BCUT2D eigenvalue weighted by Gasteiger charge is -2.18. The Balaban J connectivity index is 2.19. The second-order valence-corrected chi connectivity index (χ2v) is 4.66. The van der Waals surface area contributed by atoms with Crippen LogP contribution in [0.15, 0.2) is 35.0 Å². The van der Waals surface area contributed by atoms with Crippen molar-refractivity contribution in [2.24, 2.45) is 0 Å². The van der Waals surface area contributed by atoms with Crippen LogP contribution in [0.3, 0.4) is 0 Å². The highest BCUT2D eigenvalue weighted by atomic mass is 35.5. The van der Waals surface area contributed by atoms with Crippen molar-refractivity contribution >= 4 is 23.3 Å². The van der Waals surface area contributed by atoms with Gasteiger partial charge >= 0.3 is 5.97 Å². The van der Waals surface area contributed by atoms with E-state index in [0.717, 1.165) is 0 Å². The van der Waals surface area contributed by atoms with Crippen LogP contribution in [-0.2, 0) is 14.3 Å². The summed E-state index contributed by atoms with van der Waals surface area (Å²) in [5.74, 6) is -0.990. The van der Waals surface area contributed by atoms with E-state index in [1.165, 1.54) is 24.3 Å². The van der Waals surface area contributed by atoms with Crippen LogP contribution < -0.4 is 5.32 Å². The number of benzene rings is 1. The van der Waals surface area contributed by atoms with Gasteiger partial charge in [0.2, 0.25) is 6.29 Å². The molecule has 6 heteroatoms. The quantitative estimate of drug-likeness (QED) is 0.864. The standard InChI is InChI=1S/C13H13ClFNO3/c1-7(2)18-13-11(10(14)12(17)19-13)16-9-5-3-8(15)4-6-9/h3-7,13,16H,1-2H3. The first kappa shape index (κ1) is 13.8. The zero-order chi connectivity index (χ0) is 14.0. The Morgan fingerprint density at radius 2 is 2.00 bits per heavy atom. The fraction of sp³-hybridized carbons (Fsp3) is 0.308. The number of hydrogen-bond acceptors (Lipinski definition) is 4. The zero-order valence-electron chi connectivity index (χ0n) is 10.4. The number of carbonyl (C=O) groups excluding carboxylic acids is 1. The molecule has 2 rings (SSSR count). The Kier molecular flexibility index (Phi) is 4.07. The molecule has 0 aliphatic carbocycles. The summed E-state index contributed by atoms with van der Waals surface area (Å²) >= 11 is 5.88. The van der Waals surface area contributed by atoms with Crippen LogP contribution >= 0.6 is 11.6 Å². The average molecular weight is 286 g/mol. The van der Waals surface area contributed by atoms with E-state index in [4.69, 9.17) is 21.1 Å². The SMILES string of the molecule is CC(C)OC1OC(=O)C(Cl)=C1Nc1ccc(F)cc1. The van der Waals surface area contributed by atoms with Crippen LogP contribution in [0.1, 0.15) is 13.8 Å². The van der Waals surface area contributed by atoms with Gasteiger partial charge in [-0.15, -0.1) is 0 Å². The van der Waals surface area contributed by atoms with E-state index in [1.807, 2.05) is 13.8 Å². The minimum atomic E-state index is -0.870. The topological polar surface area (TPSA) is 47.6 Å². The average Bonchev–Trinajstić information content (AvgIpc) is 2.59. The molecule has 102 valence electrons. The third kappa shape index (κ3) is 3.24. The Morgan fingerprint density at radius 3 is 2.58 bits per heavy atom. The molecule has 1 aromatic carbocycles. The molecule has 1 heterocycles. The van der Waals surface area contributed by atoms with Gasteiger partial charge in [-0.1, -0.05) is 11.6 Å². The summed E-state index contributed by atoms with van der Waals surface area (Å²) in [7, 11) is 0. The van der Waals surface area contributed by atoms with Crippen molar-refractivity contribution in [3.05, 3.63) is 40.8 Å². The fourth-order valence-corrected chi connectivity index (χ4v) is 1.75. The molecule has 1 N–H and O–H groups in total. The van der Waals surface area contributed by atoms with Gasteiger partial charge in [0.05, 0.1) is 6.10 Å². The van der Waals surface area contributed by atoms with Crippen molar-refractivity contribution in [2.45, 2.75) is 26.2 Å².